The molecular formula is C10H14N2O3. The van der Waals surface area contributed by atoms with Gasteiger partial charge in [-0.25, -0.2) is 0 Å². The summed E-state index contributed by atoms with van der Waals surface area (Å²) >= 11 is 0. The van der Waals surface area contributed by atoms with Crippen molar-refractivity contribution in [3.8, 4) is 0 Å². The van der Waals surface area contributed by atoms with Crippen LogP contribution in [0.5, 0.6) is 0 Å². The fourth-order valence-electron chi connectivity index (χ4n) is 1.27. The van der Waals surface area contributed by atoms with Crippen LogP contribution in [-0.2, 0) is 15.9 Å². The third-order valence-electron chi connectivity index (χ3n) is 2.08. The van der Waals surface area contributed by atoms with Crippen molar-refractivity contribution in [3.05, 3.63) is 29.6 Å². The molecule has 0 atom stereocenters. The highest BCUT2D eigenvalue weighted by Crippen LogP contribution is 2.10. The maximum absolute atomic E-state index is 11.1. The molecule has 1 heterocycles. The Balaban J connectivity index is 2.88. The predicted molar refractivity (Wildman–Crippen MR) is 54.3 cm³/mol. The molecular weight excluding hydrogens is 196 g/mol. The topological polar surface area (TPSA) is 74.4 Å². The normalized spacial score (nSPS) is 10.6. The van der Waals surface area contributed by atoms with Gasteiger partial charge in [0.2, 0.25) is 5.91 Å². The molecule has 0 aliphatic rings. The van der Waals surface area contributed by atoms with E-state index < -0.39 is 12.2 Å². The van der Waals surface area contributed by atoms with Crippen LogP contribution in [0.2, 0.25) is 0 Å². The van der Waals surface area contributed by atoms with Crippen molar-refractivity contribution >= 4 is 5.91 Å². The molecule has 0 spiro atoms. The first-order valence-electron chi connectivity index (χ1n) is 4.47. The molecule has 1 aromatic heterocycles. The van der Waals surface area contributed by atoms with Gasteiger partial charge in [-0.05, 0) is 11.6 Å². The first-order valence-corrected chi connectivity index (χ1v) is 4.47. The molecule has 1 rings (SSSR count). The first-order chi connectivity index (χ1) is 7.19. The quantitative estimate of drug-likeness (QED) is 0.711. The van der Waals surface area contributed by atoms with Crippen LogP contribution >= 0.6 is 0 Å². The van der Waals surface area contributed by atoms with Crippen molar-refractivity contribution in [2.24, 2.45) is 5.73 Å². The Morgan fingerprint density at radius 1 is 1.53 bits per heavy atom. The lowest BCUT2D eigenvalue weighted by atomic mass is 10.1. The Labute approximate surface area is 88.2 Å². The molecule has 0 bridgehead atoms. The summed E-state index contributed by atoms with van der Waals surface area (Å²) in [6, 6.07) is 1.58. The zero-order valence-electron chi connectivity index (χ0n) is 8.77. The second kappa shape index (κ2) is 5.43. The van der Waals surface area contributed by atoms with E-state index in [1.165, 1.54) is 20.4 Å². The molecule has 15 heavy (non-hydrogen) atoms. The Bertz CT molecular complexity index is 337. The third kappa shape index (κ3) is 3.00. The van der Waals surface area contributed by atoms with Crippen LogP contribution in [0, 0.1) is 0 Å². The smallest absolute Gasteiger partial charge is 0.249 e. The minimum absolute atomic E-state index is 0.396. The lowest BCUT2D eigenvalue weighted by Gasteiger charge is -2.14. The fraction of sp³-hybridized carbons (Fsp3) is 0.400. The Hall–Kier alpha value is -1.46. The standard InChI is InChI=1S/C10H14N2O3/c1-14-9(15-2)5-7-6-12-4-3-8(7)10(11)13/h3-4,6,9H,5H2,1-2H3,(H2,11,13). The number of primary amides is 1. The van der Waals surface area contributed by atoms with Gasteiger partial charge in [0.05, 0.1) is 0 Å². The van der Waals surface area contributed by atoms with E-state index in [1.807, 2.05) is 0 Å². The summed E-state index contributed by atoms with van der Waals surface area (Å²) in [5.41, 5.74) is 6.39. The molecule has 5 nitrogen and oxygen atoms in total. The van der Waals surface area contributed by atoms with Crippen LogP contribution in [-0.4, -0.2) is 31.4 Å². The Kier molecular flexibility index (Phi) is 4.20. The van der Waals surface area contributed by atoms with Gasteiger partial charge in [0.15, 0.2) is 6.29 Å². The largest absolute Gasteiger partial charge is 0.366 e. The monoisotopic (exact) mass is 210 g/mol. The highest BCUT2D eigenvalue weighted by molar-refractivity contribution is 5.94. The van der Waals surface area contributed by atoms with Crippen molar-refractivity contribution in [1.82, 2.24) is 4.98 Å². The van der Waals surface area contributed by atoms with Gasteiger partial charge in [0.1, 0.15) is 0 Å². The number of hydrogen-bond acceptors (Lipinski definition) is 4. The number of ether oxygens (including phenoxy) is 2. The van der Waals surface area contributed by atoms with E-state index in [0.29, 0.717) is 12.0 Å². The van der Waals surface area contributed by atoms with Crippen molar-refractivity contribution < 1.29 is 14.3 Å². The minimum Gasteiger partial charge on any atom is -0.366 e. The lowest BCUT2D eigenvalue weighted by Crippen LogP contribution is -2.20. The van der Waals surface area contributed by atoms with Gasteiger partial charge in [0.25, 0.3) is 0 Å². The minimum atomic E-state index is -0.474. The molecule has 0 aromatic carbocycles. The number of nitrogens with zero attached hydrogens (tertiary/aromatic N) is 1. The number of amides is 1. The molecule has 2 N–H and O–H groups in total. The van der Waals surface area contributed by atoms with Gasteiger partial charge in [-0.3, -0.25) is 9.78 Å². The van der Waals surface area contributed by atoms with E-state index in [4.69, 9.17) is 15.2 Å². The number of rotatable bonds is 5. The first kappa shape index (κ1) is 11.6. The zero-order valence-corrected chi connectivity index (χ0v) is 8.77. The van der Waals surface area contributed by atoms with Crippen LogP contribution in [0.3, 0.4) is 0 Å². The molecule has 0 aliphatic heterocycles. The van der Waals surface area contributed by atoms with Crippen LogP contribution in [0.15, 0.2) is 18.5 Å². The third-order valence-corrected chi connectivity index (χ3v) is 2.08. The summed E-state index contributed by atoms with van der Waals surface area (Å²) in [4.78, 5) is 15.0. The number of hydrogen-bond donors (Lipinski definition) is 1. The van der Waals surface area contributed by atoms with Gasteiger partial charge in [-0.15, -0.1) is 0 Å². The maximum Gasteiger partial charge on any atom is 0.249 e. The highest BCUT2D eigenvalue weighted by atomic mass is 16.7. The summed E-state index contributed by atoms with van der Waals surface area (Å²) in [5.74, 6) is -0.474. The predicted octanol–water partition coefficient (Wildman–Crippen LogP) is 0.342. The highest BCUT2D eigenvalue weighted by Gasteiger charge is 2.13. The second-order valence-corrected chi connectivity index (χ2v) is 3.00. The van der Waals surface area contributed by atoms with Crippen molar-refractivity contribution in [3.63, 3.8) is 0 Å². The molecule has 1 aromatic rings. The Morgan fingerprint density at radius 2 is 2.20 bits per heavy atom. The van der Waals surface area contributed by atoms with E-state index in [2.05, 4.69) is 4.98 Å². The van der Waals surface area contributed by atoms with E-state index >= 15 is 0 Å². The zero-order chi connectivity index (χ0) is 11.3. The van der Waals surface area contributed by atoms with Gasteiger partial charge >= 0.3 is 0 Å². The molecule has 0 saturated heterocycles. The second-order valence-electron chi connectivity index (χ2n) is 3.00. The summed E-state index contributed by atoms with van der Waals surface area (Å²) < 4.78 is 10.1. The summed E-state index contributed by atoms with van der Waals surface area (Å²) in [6.45, 7) is 0. The number of pyridine rings is 1. The van der Waals surface area contributed by atoms with Crippen LogP contribution in [0.1, 0.15) is 15.9 Å². The Morgan fingerprint density at radius 3 is 2.73 bits per heavy atom. The number of nitrogens with two attached hydrogens (primary N) is 1. The molecule has 1 amide bonds. The maximum atomic E-state index is 11.1. The van der Waals surface area contributed by atoms with Gasteiger partial charge < -0.3 is 15.2 Å². The van der Waals surface area contributed by atoms with Crippen LogP contribution in [0.25, 0.3) is 0 Å². The number of methoxy groups -OCH3 is 2. The van der Waals surface area contributed by atoms with Crippen molar-refractivity contribution in [2.75, 3.05) is 14.2 Å². The average molecular weight is 210 g/mol. The molecule has 0 saturated carbocycles. The van der Waals surface area contributed by atoms with Gasteiger partial charge in [-0.2, -0.15) is 0 Å². The number of aromatic nitrogens is 1. The SMILES string of the molecule is COC(Cc1cnccc1C(N)=O)OC. The molecule has 82 valence electrons. The van der Waals surface area contributed by atoms with Crippen molar-refractivity contribution in [2.45, 2.75) is 12.7 Å². The number of carbonyl (C=O) groups is 1. The average Bonchev–Trinajstić information content (AvgIpc) is 2.26. The lowest BCUT2D eigenvalue weighted by molar-refractivity contribution is -0.100. The van der Waals surface area contributed by atoms with Crippen LogP contribution < -0.4 is 5.73 Å². The molecule has 0 fully saturated rings. The summed E-state index contributed by atoms with van der Waals surface area (Å²) in [6.07, 6.45) is 3.16. The van der Waals surface area contributed by atoms with Gasteiger partial charge in [-0.1, -0.05) is 0 Å². The molecule has 0 unspecified atom stereocenters. The van der Waals surface area contributed by atoms with Crippen LogP contribution in [0.4, 0.5) is 0 Å². The fourth-order valence-corrected chi connectivity index (χ4v) is 1.27. The molecule has 0 aliphatic carbocycles. The number of carbonyl (C=O) groups excluding carboxylic acids is 1. The van der Waals surface area contributed by atoms with Gasteiger partial charge in [0, 0.05) is 38.6 Å². The van der Waals surface area contributed by atoms with E-state index in [1.54, 1.807) is 12.3 Å². The van der Waals surface area contributed by atoms with E-state index in [0.717, 1.165) is 5.56 Å². The van der Waals surface area contributed by atoms with E-state index in [-0.39, 0.29) is 0 Å². The van der Waals surface area contributed by atoms with E-state index in [9.17, 15) is 4.79 Å². The molecule has 0 radical (unpaired) electrons. The summed E-state index contributed by atoms with van der Waals surface area (Å²) in [7, 11) is 3.07. The summed E-state index contributed by atoms with van der Waals surface area (Å²) in [5, 5.41) is 0. The van der Waals surface area contributed by atoms with Crippen molar-refractivity contribution in [1.29, 1.82) is 0 Å². The molecule has 5 heteroatoms.